The van der Waals surface area contributed by atoms with Crippen molar-refractivity contribution >= 4 is 21.8 Å². The molecule has 0 spiro atoms. The van der Waals surface area contributed by atoms with Crippen LogP contribution >= 0.6 is 0 Å². The van der Waals surface area contributed by atoms with Gasteiger partial charge >= 0.3 is 0 Å². The van der Waals surface area contributed by atoms with Gasteiger partial charge in [0.25, 0.3) is 0 Å². The molecule has 0 radical (unpaired) electrons. The van der Waals surface area contributed by atoms with Crippen LogP contribution in [0.5, 0.6) is 5.75 Å². The standard InChI is InChI=1S/C29H34FN3O5S/c1-32(39(3,36)37)21-28(34)33(20-24-9-13-25(30)14-10-24)27(19-23-7-5-4-6-8-23)29(35)31-18-17-22-11-15-26(38-2)16-12-22/h4-16,27H,17-21H2,1-3H3,(H,31,35). The molecule has 0 saturated carbocycles. The lowest BCUT2D eigenvalue weighted by Gasteiger charge is -2.32. The normalized spacial score (nSPS) is 12.1. The van der Waals surface area contributed by atoms with Crippen LogP contribution in [-0.2, 0) is 39.0 Å². The zero-order valence-corrected chi connectivity index (χ0v) is 23.2. The van der Waals surface area contributed by atoms with Gasteiger partial charge in [-0.3, -0.25) is 9.59 Å². The number of hydrogen-bond donors (Lipinski definition) is 1. The van der Waals surface area contributed by atoms with Gasteiger partial charge in [0, 0.05) is 26.6 Å². The minimum atomic E-state index is -3.64. The van der Waals surface area contributed by atoms with Crippen LogP contribution in [0.25, 0.3) is 0 Å². The first-order valence-corrected chi connectivity index (χ1v) is 14.3. The van der Waals surface area contributed by atoms with E-state index in [1.165, 1.54) is 36.2 Å². The number of rotatable bonds is 13. The molecule has 3 aromatic rings. The summed E-state index contributed by atoms with van der Waals surface area (Å²) < 4.78 is 43.7. The lowest BCUT2D eigenvalue weighted by molar-refractivity contribution is -0.141. The van der Waals surface area contributed by atoms with Crippen LogP contribution in [0.4, 0.5) is 4.39 Å². The van der Waals surface area contributed by atoms with Crippen molar-refractivity contribution in [1.29, 1.82) is 0 Å². The molecule has 2 amide bonds. The zero-order valence-electron chi connectivity index (χ0n) is 22.3. The second-order valence-electron chi connectivity index (χ2n) is 9.26. The monoisotopic (exact) mass is 555 g/mol. The molecule has 0 heterocycles. The summed E-state index contributed by atoms with van der Waals surface area (Å²) in [5.41, 5.74) is 2.45. The third-order valence-electron chi connectivity index (χ3n) is 6.33. The summed E-state index contributed by atoms with van der Waals surface area (Å²) in [4.78, 5) is 28.5. The third kappa shape index (κ3) is 9.19. The van der Waals surface area contributed by atoms with Gasteiger partial charge in [0.2, 0.25) is 21.8 Å². The second-order valence-corrected chi connectivity index (χ2v) is 11.4. The Labute approximate surface area is 229 Å². The first kappa shape index (κ1) is 29.8. The van der Waals surface area contributed by atoms with Crippen LogP contribution in [0.15, 0.2) is 78.9 Å². The molecule has 0 saturated heterocycles. The highest BCUT2D eigenvalue weighted by atomic mass is 32.2. The Bertz CT molecular complexity index is 1330. The summed E-state index contributed by atoms with van der Waals surface area (Å²) in [5.74, 6) is -0.603. The maximum absolute atomic E-state index is 13.6. The van der Waals surface area contributed by atoms with Crippen molar-refractivity contribution in [3.63, 3.8) is 0 Å². The Morgan fingerprint density at radius 3 is 2.13 bits per heavy atom. The summed E-state index contributed by atoms with van der Waals surface area (Å²) in [6.45, 7) is -0.108. The van der Waals surface area contributed by atoms with Crippen molar-refractivity contribution in [3.05, 3.63) is 101 Å². The lowest BCUT2D eigenvalue weighted by Crippen LogP contribution is -2.53. The van der Waals surface area contributed by atoms with E-state index in [-0.39, 0.29) is 18.9 Å². The fraction of sp³-hybridized carbons (Fsp3) is 0.310. The van der Waals surface area contributed by atoms with Gasteiger partial charge in [-0.2, -0.15) is 4.31 Å². The summed E-state index contributed by atoms with van der Waals surface area (Å²) >= 11 is 0. The Morgan fingerprint density at radius 1 is 0.923 bits per heavy atom. The molecule has 3 aromatic carbocycles. The molecule has 0 aliphatic carbocycles. The third-order valence-corrected chi connectivity index (χ3v) is 7.59. The average molecular weight is 556 g/mol. The van der Waals surface area contributed by atoms with E-state index >= 15 is 0 Å². The quantitative estimate of drug-likeness (QED) is 0.350. The van der Waals surface area contributed by atoms with Crippen LogP contribution in [-0.4, -0.2) is 69.0 Å². The van der Waals surface area contributed by atoms with Gasteiger partial charge < -0.3 is 15.0 Å². The molecule has 0 aliphatic rings. The van der Waals surface area contributed by atoms with E-state index in [2.05, 4.69) is 5.32 Å². The average Bonchev–Trinajstić information content (AvgIpc) is 2.92. The molecule has 0 bridgehead atoms. The van der Waals surface area contributed by atoms with E-state index < -0.39 is 34.3 Å². The smallest absolute Gasteiger partial charge is 0.243 e. The number of sulfonamides is 1. The predicted octanol–water partition coefficient (Wildman–Crippen LogP) is 3.02. The minimum absolute atomic E-state index is 0.000114. The van der Waals surface area contributed by atoms with Crippen molar-refractivity contribution in [2.75, 3.05) is 33.5 Å². The van der Waals surface area contributed by atoms with Gasteiger partial charge in [-0.1, -0.05) is 54.6 Å². The summed E-state index contributed by atoms with van der Waals surface area (Å²) in [5, 5.41) is 2.94. The molecule has 39 heavy (non-hydrogen) atoms. The van der Waals surface area contributed by atoms with Gasteiger partial charge in [0.1, 0.15) is 17.6 Å². The predicted molar refractivity (Wildman–Crippen MR) is 148 cm³/mol. The molecule has 3 rings (SSSR count). The lowest BCUT2D eigenvalue weighted by atomic mass is 10.0. The number of halogens is 1. The van der Waals surface area contributed by atoms with E-state index in [9.17, 15) is 22.4 Å². The summed E-state index contributed by atoms with van der Waals surface area (Å²) in [6.07, 6.45) is 1.79. The number of carbonyl (C=O) groups is 2. The molecule has 0 aromatic heterocycles. The van der Waals surface area contributed by atoms with Gasteiger partial charge in [0.15, 0.2) is 0 Å². The SMILES string of the molecule is COc1ccc(CCNC(=O)C(Cc2ccccc2)N(Cc2ccc(F)cc2)C(=O)CN(C)S(C)(=O)=O)cc1. The van der Waals surface area contributed by atoms with Gasteiger partial charge in [0.05, 0.1) is 19.9 Å². The van der Waals surface area contributed by atoms with E-state index in [0.717, 1.165) is 27.4 Å². The molecule has 0 fully saturated rings. The fourth-order valence-corrected chi connectivity index (χ4v) is 4.32. The van der Waals surface area contributed by atoms with E-state index in [1.54, 1.807) is 7.11 Å². The van der Waals surface area contributed by atoms with Crippen LogP contribution in [0, 0.1) is 5.82 Å². The van der Waals surface area contributed by atoms with Crippen molar-refractivity contribution < 1.29 is 27.1 Å². The van der Waals surface area contributed by atoms with Gasteiger partial charge in [-0.25, -0.2) is 12.8 Å². The van der Waals surface area contributed by atoms with Crippen molar-refractivity contribution in [1.82, 2.24) is 14.5 Å². The summed E-state index contributed by atoms with van der Waals surface area (Å²) in [7, 11) is -0.736. The number of benzene rings is 3. The maximum Gasteiger partial charge on any atom is 0.243 e. The molecule has 0 aliphatic heterocycles. The second kappa shape index (κ2) is 13.9. The highest BCUT2D eigenvalue weighted by Gasteiger charge is 2.31. The molecule has 1 N–H and O–H groups in total. The van der Waals surface area contributed by atoms with Gasteiger partial charge in [-0.15, -0.1) is 0 Å². The molecular weight excluding hydrogens is 521 g/mol. The van der Waals surface area contributed by atoms with Crippen LogP contribution in [0.2, 0.25) is 0 Å². The van der Waals surface area contributed by atoms with Crippen LogP contribution < -0.4 is 10.1 Å². The fourth-order valence-electron chi connectivity index (χ4n) is 3.98. The van der Waals surface area contributed by atoms with E-state index in [4.69, 9.17) is 4.74 Å². The topological polar surface area (TPSA) is 96.0 Å². The number of nitrogens with one attached hydrogen (secondary N) is 1. The van der Waals surface area contributed by atoms with Crippen LogP contribution in [0.1, 0.15) is 16.7 Å². The summed E-state index contributed by atoms with van der Waals surface area (Å²) in [6, 6.07) is 21.5. The largest absolute Gasteiger partial charge is 0.497 e. The first-order chi connectivity index (χ1) is 18.6. The Balaban J connectivity index is 1.87. The molecule has 208 valence electrons. The molecule has 1 unspecified atom stereocenters. The van der Waals surface area contributed by atoms with Crippen molar-refractivity contribution in [3.8, 4) is 5.75 Å². The number of nitrogens with zero attached hydrogens (tertiary/aromatic N) is 2. The van der Waals surface area contributed by atoms with Crippen molar-refractivity contribution in [2.45, 2.75) is 25.4 Å². The number of hydrogen-bond acceptors (Lipinski definition) is 5. The Kier molecular flexibility index (Phi) is 10.6. The van der Waals surface area contributed by atoms with E-state index in [1.807, 2.05) is 54.6 Å². The van der Waals surface area contributed by atoms with Gasteiger partial charge in [-0.05, 0) is 47.4 Å². The number of ether oxygens (including phenoxy) is 1. The molecular formula is C29H34FN3O5S. The number of carbonyl (C=O) groups excluding carboxylic acids is 2. The molecule has 1 atom stereocenters. The highest BCUT2D eigenvalue weighted by molar-refractivity contribution is 7.88. The van der Waals surface area contributed by atoms with E-state index in [0.29, 0.717) is 18.5 Å². The number of methoxy groups -OCH3 is 1. The Morgan fingerprint density at radius 2 is 1.54 bits per heavy atom. The number of likely N-dealkylation sites (N-methyl/N-ethyl adjacent to an activating group) is 1. The maximum atomic E-state index is 13.6. The zero-order chi connectivity index (χ0) is 28.4. The molecule has 8 nitrogen and oxygen atoms in total. The Hall–Kier alpha value is -3.76. The number of amides is 2. The first-order valence-electron chi connectivity index (χ1n) is 12.5. The highest BCUT2D eigenvalue weighted by Crippen LogP contribution is 2.17. The van der Waals surface area contributed by atoms with Crippen molar-refractivity contribution in [2.24, 2.45) is 0 Å². The van der Waals surface area contributed by atoms with Crippen LogP contribution in [0.3, 0.4) is 0 Å². The molecule has 10 heteroatoms. The minimum Gasteiger partial charge on any atom is -0.497 e.